The van der Waals surface area contributed by atoms with Crippen LogP contribution in [0.4, 0.5) is 0 Å². The van der Waals surface area contributed by atoms with E-state index in [9.17, 15) is 4.79 Å². The second kappa shape index (κ2) is 9.15. The van der Waals surface area contributed by atoms with E-state index in [0.29, 0.717) is 13.0 Å². The normalized spacial score (nSPS) is 19.9. The van der Waals surface area contributed by atoms with E-state index in [2.05, 4.69) is 23.1 Å². The Labute approximate surface area is 170 Å². The summed E-state index contributed by atoms with van der Waals surface area (Å²) in [6.07, 6.45) is 2.86. The molecule has 7 nitrogen and oxygen atoms in total. The standard InChI is InChI=1S/C22H27N3O4/c1-2-3-10-27-17-7-5-16(6-8-17)18-12-19(25-24-18)22(26)23-13-15-4-9-20-21(11-15)29-14-28-20/h4-9,11,18-19,24-25H,2-3,10,12-14H2,1H3,(H,23,26). The van der Waals surface area contributed by atoms with Crippen LogP contribution in [0.5, 0.6) is 17.2 Å². The minimum atomic E-state index is -0.283. The van der Waals surface area contributed by atoms with Crippen LogP contribution in [0.15, 0.2) is 42.5 Å². The number of carbonyl (C=O) groups is 1. The van der Waals surface area contributed by atoms with Crippen molar-refractivity contribution >= 4 is 5.91 Å². The zero-order valence-corrected chi connectivity index (χ0v) is 16.6. The number of hydrogen-bond donors (Lipinski definition) is 3. The lowest BCUT2D eigenvalue weighted by molar-refractivity contribution is -0.123. The quantitative estimate of drug-likeness (QED) is 0.595. The Morgan fingerprint density at radius 1 is 1.14 bits per heavy atom. The molecule has 154 valence electrons. The Morgan fingerprint density at radius 3 is 2.79 bits per heavy atom. The van der Waals surface area contributed by atoms with Gasteiger partial charge in [-0.2, -0.15) is 0 Å². The zero-order valence-electron chi connectivity index (χ0n) is 16.6. The minimum Gasteiger partial charge on any atom is -0.494 e. The molecule has 1 fully saturated rings. The first kappa shape index (κ1) is 19.5. The van der Waals surface area contributed by atoms with Crippen molar-refractivity contribution in [1.82, 2.24) is 16.2 Å². The number of carbonyl (C=O) groups excluding carboxylic acids is 1. The highest BCUT2D eigenvalue weighted by Crippen LogP contribution is 2.32. The molecule has 0 saturated carbocycles. The van der Waals surface area contributed by atoms with Gasteiger partial charge in [-0.25, -0.2) is 10.9 Å². The van der Waals surface area contributed by atoms with Gasteiger partial charge in [-0.1, -0.05) is 31.5 Å². The van der Waals surface area contributed by atoms with Gasteiger partial charge in [0.25, 0.3) is 0 Å². The Morgan fingerprint density at radius 2 is 1.97 bits per heavy atom. The van der Waals surface area contributed by atoms with Crippen LogP contribution in [0.1, 0.15) is 43.4 Å². The van der Waals surface area contributed by atoms with Crippen molar-refractivity contribution in [2.45, 2.75) is 44.8 Å². The highest BCUT2D eigenvalue weighted by molar-refractivity contribution is 5.82. The number of nitrogens with one attached hydrogen (secondary N) is 3. The lowest BCUT2D eigenvalue weighted by Gasteiger charge is -2.12. The van der Waals surface area contributed by atoms with Gasteiger partial charge in [0.05, 0.1) is 6.61 Å². The topological polar surface area (TPSA) is 80.9 Å². The second-order valence-corrected chi connectivity index (χ2v) is 7.31. The molecule has 1 saturated heterocycles. The summed E-state index contributed by atoms with van der Waals surface area (Å²) in [6.45, 7) is 3.58. The molecule has 7 heteroatoms. The molecule has 2 aliphatic rings. The van der Waals surface area contributed by atoms with E-state index in [1.54, 1.807) is 0 Å². The second-order valence-electron chi connectivity index (χ2n) is 7.31. The molecule has 3 N–H and O–H groups in total. The van der Waals surface area contributed by atoms with E-state index in [4.69, 9.17) is 14.2 Å². The first-order chi connectivity index (χ1) is 14.2. The fourth-order valence-corrected chi connectivity index (χ4v) is 3.44. The van der Waals surface area contributed by atoms with Crippen LogP contribution in [0.2, 0.25) is 0 Å². The van der Waals surface area contributed by atoms with E-state index in [0.717, 1.165) is 47.8 Å². The van der Waals surface area contributed by atoms with Gasteiger partial charge < -0.3 is 19.5 Å². The van der Waals surface area contributed by atoms with Crippen molar-refractivity contribution < 1.29 is 19.0 Å². The molecule has 2 aliphatic heterocycles. The Kier molecular flexibility index (Phi) is 6.17. The van der Waals surface area contributed by atoms with Gasteiger partial charge in [-0.15, -0.1) is 0 Å². The van der Waals surface area contributed by atoms with Gasteiger partial charge in [0.1, 0.15) is 11.8 Å². The average Bonchev–Trinajstić information content (AvgIpc) is 3.42. The smallest absolute Gasteiger partial charge is 0.238 e. The summed E-state index contributed by atoms with van der Waals surface area (Å²) in [6, 6.07) is 13.6. The third-order valence-corrected chi connectivity index (χ3v) is 5.17. The molecule has 2 heterocycles. The van der Waals surface area contributed by atoms with Gasteiger partial charge in [-0.3, -0.25) is 4.79 Å². The van der Waals surface area contributed by atoms with Crippen LogP contribution < -0.4 is 30.4 Å². The summed E-state index contributed by atoms with van der Waals surface area (Å²) in [4.78, 5) is 12.5. The van der Waals surface area contributed by atoms with E-state index in [1.807, 2.05) is 42.5 Å². The maximum atomic E-state index is 12.5. The SMILES string of the molecule is CCCCOc1ccc(C2CC(C(=O)NCc3ccc4c(c3)OCO4)NN2)cc1. The monoisotopic (exact) mass is 397 g/mol. The first-order valence-corrected chi connectivity index (χ1v) is 10.1. The van der Waals surface area contributed by atoms with Gasteiger partial charge in [-0.05, 0) is 48.2 Å². The number of benzene rings is 2. The van der Waals surface area contributed by atoms with Gasteiger partial charge in [0.15, 0.2) is 11.5 Å². The Balaban J connectivity index is 1.26. The molecule has 2 aromatic carbocycles. The summed E-state index contributed by atoms with van der Waals surface area (Å²) in [5, 5.41) is 2.98. The summed E-state index contributed by atoms with van der Waals surface area (Å²) in [5.74, 6) is 2.31. The molecule has 0 aromatic heterocycles. The van der Waals surface area contributed by atoms with Crippen LogP contribution >= 0.6 is 0 Å². The summed E-state index contributed by atoms with van der Waals surface area (Å²) >= 11 is 0. The number of ether oxygens (including phenoxy) is 3. The number of rotatable bonds is 8. The lowest BCUT2D eigenvalue weighted by Crippen LogP contribution is -2.42. The summed E-state index contributed by atoms with van der Waals surface area (Å²) < 4.78 is 16.4. The van der Waals surface area contributed by atoms with Crippen molar-refractivity contribution in [3.05, 3.63) is 53.6 Å². The van der Waals surface area contributed by atoms with Crippen molar-refractivity contribution in [2.75, 3.05) is 13.4 Å². The van der Waals surface area contributed by atoms with Crippen molar-refractivity contribution in [1.29, 1.82) is 0 Å². The number of hydrazine groups is 1. The molecule has 2 aromatic rings. The molecular formula is C22H27N3O4. The van der Waals surface area contributed by atoms with E-state index in [-0.39, 0.29) is 24.8 Å². The average molecular weight is 397 g/mol. The molecule has 1 amide bonds. The minimum absolute atomic E-state index is 0.0304. The molecule has 2 atom stereocenters. The molecule has 0 radical (unpaired) electrons. The number of amides is 1. The van der Waals surface area contributed by atoms with Gasteiger partial charge in [0.2, 0.25) is 12.7 Å². The van der Waals surface area contributed by atoms with Crippen molar-refractivity contribution in [3.63, 3.8) is 0 Å². The number of hydrogen-bond acceptors (Lipinski definition) is 6. The highest BCUT2D eigenvalue weighted by Gasteiger charge is 2.30. The predicted octanol–water partition coefficient (Wildman–Crippen LogP) is 2.82. The molecule has 0 bridgehead atoms. The van der Waals surface area contributed by atoms with Crippen LogP contribution in [-0.4, -0.2) is 25.3 Å². The molecule has 0 spiro atoms. The van der Waals surface area contributed by atoms with Crippen molar-refractivity contribution in [3.8, 4) is 17.2 Å². The maximum Gasteiger partial charge on any atom is 0.238 e. The van der Waals surface area contributed by atoms with Crippen LogP contribution in [0, 0.1) is 0 Å². The largest absolute Gasteiger partial charge is 0.494 e. The Hall–Kier alpha value is -2.77. The number of fused-ring (bicyclic) bond motifs is 1. The third-order valence-electron chi connectivity index (χ3n) is 5.17. The molecule has 2 unspecified atom stereocenters. The van der Waals surface area contributed by atoms with Crippen LogP contribution in [0.3, 0.4) is 0 Å². The third kappa shape index (κ3) is 4.81. The van der Waals surface area contributed by atoms with Crippen molar-refractivity contribution in [2.24, 2.45) is 0 Å². The van der Waals surface area contributed by atoms with Crippen LogP contribution in [-0.2, 0) is 11.3 Å². The predicted molar refractivity (Wildman–Crippen MR) is 109 cm³/mol. The lowest BCUT2D eigenvalue weighted by atomic mass is 10.0. The molecule has 29 heavy (non-hydrogen) atoms. The fourth-order valence-electron chi connectivity index (χ4n) is 3.44. The summed E-state index contributed by atoms with van der Waals surface area (Å²) in [5.41, 5.74) is 8.43. The molecule has 0 aliphatic carbocycles. The maximum absolute atomic E-state index is 12.5. The van der Waals surface area contributed by atoms with E-state index >= 15 is 0 Å². The highest BCUT2D eigenvalue weighted by atomic mass is 16.7. The van der Waals surface area contributed by atoms with E-state index < -0.39 is 0 Å². The van der Waals surface area contributed by atoms with Gasteiger partial charge >= 0.3 is 0 Å². The Bertz CT molecular complexity index is 840. The van der Waals surface area contributed by atoms with Crippen LogP contribution in [0.25, 0.3) is 0 Å². The fraction of sp³-hybridized carbons (Fsp3) is 0.409. The zero-order chi connectivity index (χ0) is 20.1. The summed E-state index contributed by atoms with van der Waals surface area (Å²) in [7, 11) is 0. The number of unbranched alkanes of at least 4 members (excludes halogenated alkanes) is 1. The molecular weight excluding hydrogens is 370 g/mol. The first-order valence-electron chi connectivity index (χ1n) is 10.1. The van der Waals surface area contributed by atoms with E-state index in [1.165, 1.54) is 0 Å². The molecule has 4 rings (SSSR count). The van der Waals surface area contributed by atoms with Gasteiger partial charge in [0, 0.05) is 12.6 Å².